The highest BCUT2D eigenvalue weighted by atomic mass is 16.5. The van der Waals surface area contributed by atoms with Gasteiger partial charge in [-0.2, -0.15) is 0 Å². The van der Waals surface area contributed by atoms with Crippen LogP contribution in [0.4, 0.5) is 0 Å². The summed E-state index contributed by atoms with van der Waals surface area (Å²) < 4.78 is 11.2. The van der Waals surface area contributed by atoms with Gasteiger partial charge >= 0.3 is 0 Å². The number of pyridine rings is 1. The van der Waals surface area contributed by atoms with Crippen LogP contribution >= 0.6 is 0 Å². The first kappa shape index (κ1) is 16.4. The van der Waals surface area contributed by atoms with E-state index < -0.39 is 5.60 Å². The molecule has 1 unspecified atom stereocenters. The number of aryl methyl sites for hydroxylation is 1. The summed E-state index contributed by atoms with van der Waals surface area (Å²) in [7, 11) is 0. The Kier molecular flexibility index (Phi) is 4.94. The van der Waals surface area contributed by atoms with Crippen molar-refractivity contribution in [1.82, 2.24) is 14.8 Å². The molecule has 1 aromatic heterocycles. The zero-order chi connectivity index (χ0) is 16.3. The Balaban J connectivity index is 1.64. The van der Waals surface area contributed by atoms with Crippen LogP contribution in [-0.2, 0) is 20.8 Å². The van der Waals surface area contributed by atoms with Gasteiger partial charge in [0.25, 0.3) is 5.91 Å². The molecule has 6 nitrogen and oxygen atoms in total. The molecule has 0 N–H and O–H groups in total. The predicted molar refractivity (Wildman–Crippen MR) is 86.0 cm³/mol. The van der Waals surface area contributed by atoms with Crippen molar-refractivity contribution in [3.8, 4) is 0 Å². The molecule has 23 heavy (non-hydrogen) atoms. The summed E-state index contributed by atoms with van der Waals surface area (Å²) in [6.07, 6.45) is 1.91. The Bertz CT molecular complexity index is 543. The monoisotopic (exact) mass is 319 g/mol. The van der Waals surface area contributed by atoms with Gasteiger partial charge in [0, 0.05) is 44.6 Å². The minimum atomic E-state index is -0.770. The molecule has 0 aromatic carbocycles. The molecule has 3 rings (SSSR count). The molecule has 1 aromatic rings. The van der Waals surface area contributed by atoms with Gasteiger partial charge in [-0.05, 0) is 25.5 Å². The van der Waals surface area contributed by atoms with Crippen LogP contribution in [-0.4, -0.2) is 72.3 Å². The molecular weight excluding hydrogens is 294 g/mol. The molecule has 1 amide bonds. The Morgan fingerprint density at radius 3 is 2.74 bits per heavy atom. The number of nitrogens with zero attached hydrogens (tertiary/aromatic N) is 3. The smallest absolute Gasteiger partial charge is 0.256 e. The maximum absolute atomic E-state index is 12.8. The van der Waals surface area contributed by atoms with Gasteiger partial charge in [0.2, 0.25) is 0 Å². The van der Waals surface area contributed by atoms with Crippen LogP contribution in [0.15, 0.2) is 18.3 Å². The van der Waals surface area contributed by atoms with Gasteiger partial charge in [-0.1, -0.05) is 6.07 Å². The highest BCUT2D eigenvalue weighted by molar-refractivity contribution is 5.85. The van der Waals surface area contributed by atoms with Gasteiger partial charge in [0.05, 0.1) is 19.8 Å². The lowest BCUT2D eigenvalue weighted by Crippen LogP contribution is -2.60. The number of hydrogen-bond acceptors (Lipinski definition) is 5. The van der Waals surface area contributed by atoms with Crippen LogP contribution in [0.5, 0.6) is 0 Å². The van der Waals surface area contributed by atoms with Gasteiger partial charge < -0.3 is 14.4 Å². The molecular formula is C17H25N3O3. The molecule has 126 valence electrons. The third-order valence-electron chi connectivity index (χ3n) is 4.48. The summed E-state index contributed by atoms with van der Waals surface area (Å²) in [5.74, 6) is 0.0764. The maximum Gasteiger partial charge on any atom is 0.256 e. The first-order valence-electron chi connectivity index (χ1n) is 8.22. The highest BCUT2D eigenvalue weighted by Crippen LogP contribution is 2.22. The van der Waals surface area contributed by atoms with Crippen LogP contribution in [0.2, 0.25) is 0 Å². The van der Waals surface area contributed by atoms with E-state index in [0.29, 0.717) is 39.5 Å². The zero-order valence-corrected chi connectivity index (χ0v) is 14.0. The summed E-state index contributed by atoms with van der Waals surface area (Å²) in [4.78, 5) is 21.3. The van der Waals surface area contributed by atoms with Gasteiger partial charge in [0.1, 0.15) is 0 Å². The lowest BCUT2D eigenvalue weighted by atomic mass is 10.0. The molecule has 0 bridgehead atoms. The van der Waals surface area contributed by atoms with Crippen LogP contribution in [0, 0.1) is 6.92 Å². The second-order valence-electron chi connectivity index (χ2n) is 6.50. The van der Waals surface area contributed by atoms with E-state index in [-0.39, 0.29) is 5.91 Å². The van der Waals surface area contributed by atoms with E-state index in [2.05, 4.69) is 16.0 Å². The highest BCUT2D eigenvalue weighted by Gasteiger charge is 2.42. The van der Waals surface area contributed by atoms with E-state index in [4.69, 9.17) is 9.47 Å². The molecule has 0 aliphatic carbocycles. The third-order valence-corrected chi connectivity index (χ3v) is 4.48. The number of amides is 1. The average Bonchev–Trinajstić information content (AvgIpc) is 2.57. The molecule has 0 spiro atoms. The van der Waals surface area contributed by atoms with E-state index in [0.717, 1.165) is 18.8 Å². The molecule has 2 aliphatic heterocycles. The van der Waals surface area contributed by atoms with Crippen LogP contribution in [0.25, 0.3) is 0 Å². The number of carbonyl (C=O) groups is 1. The van der Waals surface area contributed by atoms with E-state index in [1.54, 1.807) is 0 Å². The van der Waals surface area contributed by atoms with Crippen molar-refractivity contribution < 1.29 is 14.3 Å². The Hall–Kier alpha value is -1.50. The standard InChI is InChI=1S/C17H25N3O3/c1-14-3-4-15(11-18-14)12-19-5-10-23-17(2,13-19)16(21)20-6-8-22-9-7-20/h3-4,11H,5-10,12-13H2,1-2H3. The number of carbonyl (C=O) groups excluding carboxylic acids is 1. The molecule has 1 atom stereocenters. The zero-order valence-electron chi connectivity index (χ0n) is 14.0. The molecule has 6 heteroatoms. The van der Waals surface area contributed by atoms with Crippen molar-refractivity contribution in [3.63, 3.8) is 0 Å². The third kappa shape index (κ3) is 3.88. The van der Waals surface area contributed by atoms with Crippen molar-refractivity contribution in [2.24, 2.45) is 0 Å². The minimum Gasteiger partial charge on any atom is -0.378 e. The molecule has 3 heterocycles. The van der Waals surface area contributed by atoms with Crippen LogP contribution in [0.3, 0.4) is 0 Å². The Morgan fingerprint density at radius 1 is 1.26 bits per heavy atom. The number of aromatic nitrogens is 1. The Morgan fingerprint density at radius 2 is 2.04 bits per heavy atom. The van der Waals surface area contributed by atoms with Gasteiger partial charge in [-0.25, -0.2) is 0 Å². The second kappa shape index (κ2) is 6.95. The molecule has 2 fully saturated rings. The lowest BCUT2D eigenvalue weighted by Gasteiger charge is -2.42. The number of rotatable bonds is 3. The summed E-state index contributed by atoms with van der Waals surface area (Å²) in [6.45, 7) is 9.23. The molecule has 0 radical (unpaired) electrons. The lowest BCUT2D eigenvalue weighted by molar-refractivity contribution is -0.171. The molecule has 0 saturated carbocycles. The predicted octanol–water partition coefficient (Wildman–Crippen LogP) is 0.840. The normalized spacial score (nSPS) is 26.3. The largest absolute Gasteiger partial charge is 0.378 e. The van der Waals surface area contributed by atoms with E-state index >= 15 is 0 Å². The van der Waals surface area contributed by atoms with Gasteiger partial charge in [0.15, 0.2) is 5.60 Å². The number of hydrogen-bond donors (Lipinski definition) is 0. The minimum absolute atomic E-state index is 0.0764. The first-order valence-corrected chi connectivity index (χ1v) is 8.22. The fourth-order valence-electron chi connectivity index (χ4n) is 3.17. The van der Waals surface area contributed by atoms with E-state index in [9.17, 15) is 4.79 Å². The summed E-state index contributed by atoms with van der Waals surface area (Å²) in [5, 5.41) is 0. The van der Waals surface area contributed by atoms with Crippen LogP contribution in [0.1, 0.15) is 18.2 Å². The maximum atomic E-state index is 12.8. The van der Waals surface area contributed by atoms with Crippen molar-refractivity contribution in [1.29, 1.82) is 0 Å². The molecule has 2 aliphatic rings. The summed E-state index contributed by atoms with van der Waals surface area (Å²) in [5.41, 5.74) is 1.41. The van der Waals surface area contributed by atoms with Gasteiger partial charge in [-0.3, -0.25) is 14.7 Å². The second-order valence-corrected chi connectivity index (χ2v) is 6.50. The molecule has 2 saturated heterocycles. The van der Waals surface area contributed by atoms with E-state index in [1.165, 1.54) is 5.56 Å². The van der Waals surface area contributed by atoms with Crippen molar-refractivity contribution in [2.45, 2.75) is 26.0 Å². The van der Waals surface area contributed by atoms with Crippen molar-refractivity contribution >= 4 is 5.91 Å². The van der Waals surface area contributed by atoms with E-state index in [1.807, 2.05) is 31.0 Å². The topological polar surface area (TPSA) is 54.9 Å². The fourth-order valence-corrected chi connectivity index (χ4v) is 3.17. The average molecular weight is 319 g/mol. The van der Waals surface area contributed by atoms with Gasteiger partial charge in [-0.15, -0.1) is 0 Å². The fraction of sp³-hybridized carbons (Fsp3) is 0.647. The summed E-state index contributed by atoms with van der Waals surface area (Å²) in [6, 6.07) is 4.12. The van der Waals surface area contributed by atoms with Crippen molar-refractivity contribution in [3.05, 3.63) is 29.6 Å². The number of ether oxygens (including phenoxy) is 2. The van der Waals surface area contributed by atoms with Crippen molar-refractivity contribution in [2.75, 3.05) is 46.0 Å². The number of morpholine rings is 2. The van der Waals surface area contributed by atoms with Crippen LogP contribution < -0.4 is 0 Å². The first-order chi connectivity index (χ1) is 11.1. The summed E-state index contributed by atoms with van der Waals surface area (Å²) >= 11 is 0. The Labute approximate surface area is 137 Å². The SMILES string of the molecule is Cc1ccc(CN2CCOC(C)(C(=O)N3CCOCC3)C2)cn1. The quantitative estimate of drug-likeness (QED) is 0.826.